The molecule has 0 radical (unpaired) electrons. The number of alkyl halides is 3. The van der Waals surface area contributed by atoms with Crippen molar-refractivity contribution < 1.29 is 37.0 Å². The molecule has 0 spiro atoms. The molecule has 2 aromatic heterocycles. The van der Waals surface area contributed by atoms with Gasteiger partial charge in [0.2, 0.25) is 0 Å². The van der Waals surface area contributed by atoms with Crippen molar-refractivity contribution in [1.82, 2.24) is 9.97 Å². The topological polar surface area (TPSA) is 132 Å². The van der Waals surface area contributed by atoms with Crippen LogP contribution in [0.15, 0.2) is 30.5 Å². The molecule has 0 aliphatic carbocycles. The average molecular weight is 565 g/mol. The summed E-state index contributed by atoms with van der Waals surface area (Å²) < 4.78 is 55.4. The highest BCUT2D eigenvalue weighted by molar-refractivity contribution is 6.05. The van der Waals surface area contributed by atoms with Gasteiger partial charge >= 0.3 is 12.2 Å². The summed E-state index contributed by atoms with van der Waals surface area (Å²) in [7, 11) is 0. The predicted molar refractivity (Wildman–Crippen MR) is 139 cm³/mol. The van der Waals surface area contributed by atoms with Gasteiger partial charge in [-0.15, -0.1) is 0 Å². The molecule has 5 heterocycles. The molecule has 216 valence electrons. The minimum atomic E-state index is -4.59. The number of nitrogens with two attached hydrogens (primary N) is 1. The van der Waals surface area contributed by atoms with E-state index in [2.05, 4.69) is 20.2 Å². The number of nitrogens with zero attached hydrogens (tertiary/aromatic N) is 4. The monoisotopic (exact) mass is 564 g/mol. The Morgan fingerprint density at radius 1 is 1.30 bits per heavy atom. The molecular formula is C26H31F3N6O5. The van der Waals surface area contributed by atoms with Gasteiger partial charge in [0.05, 0.1) is 18.3 Å². The van der Waals surface area contributed by atoms with Crippen molar-refractivity contribution in [2.45, 2.75) is 63.3 Å². The number of ketones is 1. The number of fused-ring (bicyclic) bond motifs is 4. The van der Waals surface area contributed by atoms with Crippen LogP contribution >= 0.6 is 0 Å². The van der Waals surface area contributed by atoms with Gasteiger partial charge in [0.15, 0.2) is 17.4 Å². The molecule has 3 atom stereocenters. The number of pyridine rings is 2. The van der Waals surface area contributed by atoms with Crippen LogP contribution in [0.3, 0.4) is 0 Å². The maximum absolute atomic E-state index is 13.5. The van der Waals surface area contributed by atoms with Crippen molar-refractivity contribution in [1.29, 1.82) is 0 Å². The SMILES string of the molecule is CC1(C)OC[C@H](COc2ccnc(NC(=O)N3c4nc(C(=O)CCC(N)C(F)(F)F)ccc4N4CC[C@H]3C4)c2)O1. The molecule has 14 heteroatoms. The number of carbonyl (C=O) groups is 2. The number of carbonyl (C=O) groups excluding carboxylic acids is 2. The van der Waals surface area contributed by atoms with Crippen LogP contribution in [-0.2, 0) is 9.47 Å². The minimum Gasteiger partial charge on any atom is -0.491 e. The maximum Gasteiger partial charge on any atom is 0.403 e. The molecule has 3 N–H and O–H groups in total. The first-order valence-corrected chi connectivity index (χ1v) is 13.0. The van der Waals surface area contributed by atoms with E-state index in [-0.39, 0.29) is 36.1 Å². The average Bonchev–Trinajstić information content (AvgIpc) is 3.48. The number of aromatic nitrogens is 2. The van der Waals surface area contributed by atoms with Gasteiger partial charge in [0, 0.05) is 31.8 Å². The van der Waals surface area contributed by atoms with E-state index >= 15 is 0 Å². The van der Waals surface area contributed by atoms with Crippen molar-refractivity contribution in [2.24, 2.45) is 5.73 Å². The van der Waals surface area contributed by atoms with Crippen LogP contribution in [0, 0.1) is 0 Å². The summed E-state index contributed by atoms with van der Waals surface area (Å²) in [5.41, 5.74) is 5.79. The molecule has 2 bridgehead atoms. The minimum absolute atomic E-state index is 0.0248. The van der Waals surface area contributed by atoms with E-state index in [9.17, 15) is 22.8 Å². The Bertz CT molecular complexity index is 1280. The standard InChI is InChI=1S/C26H31F3N6O5/c1-25(2)39-14-17(40-25)13-38-16-7-9-31-22(11-16)33-24(37)35-15-8-10-34(12-15)19-4-3-18(32-23(19)35)20(36)5-6-21(30)26(27,28)29/h3-4,7,9,11,15,17,21H,5-6,8,10,12-14,30H2,1-2H3,(H,31,33,37)/t15-,17-,21?/m0/s1. The molecule has 0 saturated carbocycles. The number of Topliss-reactive ketones (excluding diaryl/α,β-unsaturated/α-hetero) is 1. The van der Waals surface area contributed by atoms with Crippen LogP contribution in [0.5, 0.6) is 5.75 Å². The van der Waals surface area contributed by atoms with Gasteiger partial charge in [-0.25, -0.2) is 14.8 Å². The van der Waals surface area contributed by atoms with E-state index in [4.69, 9.17) is 19.9 Å². The van der Waals surface area contributed by atoms with Crippen LogP contribution in [0.4, 0.5) is 35.3 Å². The molecule has 0 aromatic carbocycles. The molecule has 11 nitrogen and oxygen atoms in total. The third kappa shape index (κ3) is 6.13. The molecule has 1 unspecified atom stereocenters. The molecule has 3 aliphatic heterocycles. The van der Waals surface area contributed by atoms with Gasteiger partial charge in [-0.2, -0.15) is 13.2 Å². The lowest BCUT2D eigenvalue weighted by Crippen LogP contribution is -2.48. The maximum atomic E-state index is 13.5. The fourth-order valence-electron chi connectivity index (χ4n) is 4.98. The smallest absolute Gasteiger partial charge is 0.403 e. The molecule has 3 aliphatic rings. The van der Waals surface area contributed by atoms with Crippen molar-refractivity contribution in [2.75, 3.05) is 41.4 Å². The lowest BCUT2D eigenvalue weighted by atomic mass is 10.1. The number of anilines is 3. The highest BCUT2D eigenvalue weighted by Gasteiger charge is 2.41. The summed E-state index contributed by atoms with van der Waals surface area (Å²) in [5, 5.41) is 2.78. The summed E-state index contributed by atoms with van der Waals surface area (Å²) in [6.45, 7) is 5.60. The van der Waals surface area contributed by atoms with Crippen LogP contribution in [-0.4, -0.2) is 78.2 Å². The number of amides is 2. The zero-order chi connectivity index (χ0) is 28.7. The first kappa shape index (κ1) is 28.1. The number of nitrogens with one attached hydrogen (secondary N) is 1. The van der Waals surface area contributed by atoms with Crippen LogP contribution in [0.25, 0.3) is 0 Å². The summed E-state index contributed by atoms with van der Waals surface area (Å²) in [6, 6.07) is 3.58. The Kier molecular flexibility index (Phi) is 7.59. The van der Waals surface area contributed by atoms with E-state index in [1.807, 2.05) is 13.8 Å². The highest BCUT2D eigenvalue weighted by Crippen LogP contribution is 2.39. The first-order valence-electron chi connectivity index (χ1n) is 13.0. The number of ether oxygens (including phenoxy) is 3. The van der Waals surface area contributed by atoms with Gasteiger partial charge < -0.3 is 24.8 Å². The van der Waals surface area contributed by atoms with Gasteiger partial charge in [-0.3, -0.25) is 15.0 Å². The van der Waals surface area contributed by atoms with Crippen LogP contribution in [0.2, 0.25) is 0 Å². The molecule has 40 heavy (non-hydrogen) atoms. The quantitative estimate of drug-likeness (QED) is 0.463. The Balaban J connectivity index is 1.28. The lowest BCUT2D eigenvalue weighted by molar-refractivity contribution is -0.148. The molecule has 5 rings (SSSR count). The van der Waals surface area contributed by atoms with E-state index in [1.165, 1.54) is 17.2 Å². The summed E-state index contributed by atoms with van der Waals surface area (Å²) in [6.07, 6.45) is -3.60. The highest BCUT2D eigenvalue weighted by atomic mass is 19.4. The Morgan fingerprint density at radius 2 is 2.10 bits per heavy atom. The van der Waals surface area contributed by atoms with Crippen LogP contribution < -0.4 is 25.6 Å². The van der Waals surface area contributed by atoms with Crippen LogP contribution in [0.1, 0.15) is 43.6 Å². The van der Waals surface area contributed by atoms with Crippen molar-refractivity contribution in [3.63, 3.8) is 0 Å². The van der Waals surface area contributed by atoms with Gasteiger partial charge in [-0.1, -0.05) is 0 Å². The zero-order valence-corrected chi connectivity index (χ0v) is 22.1. The first-order chi connectivity index (χ1) is 18.9. The molecule has 2 amide bonds. The second-order valence-electron chi connectivity index (χ2n) is 10.5. The Morgan fingerprint density at radius 3 is 2.83 bits per heavy atom. The number of urea groups is 1. The number of hydrogen-bond donors (Lipinski definition) is 2. The van der Waals surface area contributed by atoms with E-state index in [0.29, 0.717) is 37.6 Å². The number of halogens is 3. The van der Waals surface area contributed by atoms with Gasteiger partial charge in [0.1, 0.15) is 36.0 Å². The van der Waals surface area contributed by atoms with Gasteiger partial charge in [0.25, 0.3) is 0 Å². The molecule has 2 aromatic rings. The van der Waals surface area contributed by atoms with Gasteiger partial charge in [-0.05, 0) is 44.9 Å². The lowest BCUT2D eigenvalue weighted by Gasteiger charge is -2.35. The molecular weight excluding hydrogens is 533 g/mol. The predicted octanol–water partition coefficient (Wildman–Crippen LogP) is 3.49. The number of hydrogen-bond acceptors (Lipinski definition) is 9. The normalized spacial score (nSPS) is 22.1. The molecule has 2 fully saturated rings. The van der Waals surface area contributed by atoms with Crippen molar-refractivity contribution in [3.8, 4) is 5.75 Å². The zero-order valence-electron chi connectivity index (χ0n) is 22.1. The second kappa shape index (κ2) is 10.8. The Hall–Kier alpha value is -3.49. The second-order valence-corrected chi connectivity index (χ2v) is 10.5. The largest absolute Gasteiger partial charge is 0.491 e. The summed E-state index contributed by atoms with van der Waals surface area (Å²) in [4.78, 5) is 38.4. The van der Waals surface area contributed by atoms with E-state index < -0.39 is 42.7 Å². The summed E-state index contributed by atoms with van der Waals surface area (Å²) >= 11 is 0. The van der Waals surface area contributed by atoms with Crippen molar-refractivity contribution in [3.05, 3.63) is 36.2 Å². The fraction of sp³-hybridized carbons (Fsp3) is 0.538. The van der Waals surface area contributed by atoms with E-state index in [1.54, 1.807) is 18.2 Å². The fourth-order valence-corrected chi connectivity index (χ4v) is 4.98. The van der Waals surface area contributed by atoms with Crippen molar-refractivity contribution >= 4 is 29.1 Å². The third-order valence-electron chi connectivity index (χ3n) is 7.03. The number of rotatable bonds is 8. The van der Waals surface area contributed by atoms with E-state index in [0.717, 1.165) is 0 Å². The Labute approximate surface area is 228 Å². The summed E-state index contributed by atoms with van der Waals surface area (Å²) in [5.74, 6) is -0.247. The molecule has 2 saturated heterocycles. The third-order valence-corrected chi connectivity index (χ3v) is 7.03.